The van der Waals surface area contributed by atoms with Crippen LogP contribution in [0.3, 0.4) is 0 Å². The van der Waals surface area contributed by atoms with Crippen LogP contribution in [-0.2, 0) is 4.79 Å². The van der Waals surface area contributed by atoms with Crippen LogP contribution in [0.25, 0.3) is 0 Å². The topological polar surface area (TPSA) is 23.6 Å². The third-order valence-corrected chi connectivity index (χ3v) is 7.80. The van der Waals surface area contributed by atoms with Crippen molar-refractivity contribution in [2.75, 3.05) is 26.2 Å². The van der Waals surface area contributed by atoms with Gasteiger partial charge in [0.15, 0.2) is 0 Å². The van der Waals surface area contributed by atoms with Crippen molar-refractivity contribution in [1.82, 2.24) is 9.80 Å². The second kappa shape index (κ2) is 8.93. The molecular weight excluding hydrogens is 368 g/mol. The standard InChI is InChI=1S/C27H34N2O/c30-27(24-13-7-8-14-24)29-19-25(23-11-5-2-6-12-23)26(20-29)28-17-15-22(16-18-28)21-9-3-1-4-10-21/h1-6,9-12,22,24-26H,7-8,13-20H2/t25-,26+/m1/s1. The van der Waals surface area contributed by atoms with Crippen molar-refractivity contribution in [3.63, 3.8) is 0 Å². The Balaban J connectivity index is 1.31. The average molecular weight is 403 g/mol. The lowest BCUT2D eigenvalue weighted by molar-refractivity contribution is -0.134. The van der Waals surface area contributed by atoms with Crippen LogP contribution >= 0.6 is 0 Å². The molecule has 3 aliphatic rings. The molecule has 2 saturated heterocycles. The van der Waals surface area contributed by atoms with Crippen LogP contribution in [0, 0.1) is 5.92 Å². The van der Waals surface area contributed by atoms with Gasteiger partial charge in [0.1, 0.15) is 0 Å². The molecule has 2 aromatic rings. The number of nitrogens with zero attached hydrogens (tertiary/aromatic N) is 2. The van der Waals surface area contributed by atoms with Crippen LogP contribution in [0.1, 0.15) is 61.5 Å². The zero-order valence-electron chi connectivity index (χ0n) is 18.0. The van der Waals surface area contributed by atoms with E-state index in [1.165, 1.54) is 36.8 Å². The lowest BCUT2D eigenvalue weighted by Gasteiger charge is -2.38. The molecule has 2 aromatic carbocycles. The molecule has 30 heavy (non-hydrogen) atoms. The molecule has 1 saturated carbocycles. The molecule has 0 bridgehead atoms. The van der Waals surface area contributed by atoms with Gasteiger partial charge < -0.3 is 4.90 Å². The van der Waals surface area contributed by atoms with Crippen molar-refractivity contribution in [2.45, 2.75) is 56.4 Å². The first kappa shape index (κ1) is 19.8. The third-order valence-electron chi connectivity index (χ3n) is 7.80. The van der Waals surface area contributed by atoms with E-state index in [0.717, 1.165) is 39.0 Å². The van der Waals surface area contributed by atoms with Gasteiger partial charge >= 0.3 is 0 Å². The fourth-order valence-electron chi connectivity index (χ4n) is 6.08. The molecule has 1 amide bonds. The van der Waals surface area contributed by atoms with Gasteiger partial charge in [-0.3, -0.25) is 9.69 Å². The Hall–Kier alpha value is -2.13. The highest BCUT2D eigenvalue weighted by Crippen LogP contribution is 2.37. The zero-order valence-corrected chi connectivity index (χ0v) is 18.0. The zero-order chi connectivity index (χ0) is 20.3. The summed E-state index contributed by atoms with van der Waals surface area (Å²) in [6, 6.07) is 22.4. The summed E-state index contributed by atoms with van der Waals surface area (Å²) in [5.74, 6) is 1.82. The van der Waals surface area contributed by atoms with E-state index in [9.17, 15) is 4.79 Å². The van der Waals surface area contributed by atoms with Crippen molar-refractivity contribution in [2.24, 2.45) is 5.92 Å². The highest BCUT2D eigenvalue weighted by Gasteiger charge is 2.42. The molecule has 0 spiro atoms. The van der Waals surface area contributed by atoms with Crippen LogP contribution in [0.5, 0.6) is 0 Å². The molecule has 5 rings (SSSR count). The van der Waals surface area contributed by atoms with E-state index in [1.54, 1.807) is 0 Å². The lowest BCUT2D eigenvalue weighted by atomic mass is 9.87. The number of rotatable bonds is 4. The van der Waals surface area contributed by atoms with Gasteiger partial charge in [0.05, 0.1) is 0 Å². The number of hydrogen-bond donors (Lipinski definition) is 0. The molecule has 0 unspecified atom stereocenters. The highest BCUT2D eigenvalue weighted by atomic mass is 16.2. The van der Waals surface area contributed by atoms with Gasteiger partial charge in [-0.15, -0.1) is 0 Å². The average Bonchev–Trinajstić information content (AvgIpc) is 3.51. The van der Waals surface area contributed by atoms with Crippen LogP contribution in [0.4, 0.5) is 0 Å². The molecule has 2 aliphatic heterocycles. The first-order valence-corrected chi connectivity index (χ1v) is 11.9. The summed E-state index contributed by atoms with van der Waals surface area (Å²) < 4.78 is 0. The minimum atomic E-state index is 0.281. The number of likely N-dealkylation sites (tertiary alicyclic amines) is 2. The number of piperidine rings is 1. The largest absolute Gasteiger partial charge is 0.340 e. The molecule has 0 radical (unpaired) electrons. The predicted octanol–water partition coefficient (Wildman–Crippen LogP) is 5.05. The summed E-state index contributed by atoms with van der Waals surface area (Å²) in [6.45, 7) is 4.07. The van der Waals surface area contributed by atoms with E-state index in [4.69, 9.17) is 0 Å². The maximum atomic E-state index is 13.2. The van der Waals surface area contributed by atoms with E-state index >= 15 is 0 Å². The molecule has 3 fully saturated rings. The van der Waals surface area contributed by atoms with Crippen LogP contribution in [0.15, 0.2) is 60.7 Å². The van der Waals surface area contributed by atoms with E-state index < -0.39 is 0 Å². The summed E-state index contributed by atoms with van der Waals surface area (Å²) >= 11 is 0. The van der Waals surface area contributed by atoms with Crippen molar-refractivity contribution in [3.8, 4) is 0 Å². The molecule has 2 heterocycles. The molecule has 3 nitrogen and oxygen atoms in total. The predicted molar refractivity (Wildman–Crippen MR) is 121 cm³/mol. The van der Waals surface area contributed by atoms with Gasteiger partial charge in [-0.25, -0.2) is 0 Å². The Morgan fingerprint density at radius 3 is 1.97 bits per heavy atom. The van der Waals surface area contributed by atoms with Gasteiger partial charge in [0.2, 0.25) is 5.91 Å². The Bertz CT molecular complexity index is 822. The van der Waals surface area contributed by atoms with E-state index in [-0.39, 0.29) is 5.92 Å². The molecule has 0 aromatic heterocycles. The molecule has 158 valence electrons. The number of benzene rings is 2. The van der Waals surface area contributed by atoms with Crippen LogP contribution in [-0.4, -0.2) is 47.9 Å². The van der Waals surface area contributed by atoms with Gasteiger partial charge in [0, 0.05) is 31.0 Å². The van der Waals surface area contributed by atoms with E-state index in [2.05, 4.69) is 70.5 Å². The monoisotopic (exact) mass is 402 g/mol. The Labute approximate surface area is 181 Å². The Morgan fingerprint density at radius 1 is 0.733 bits per heavy atom. The second-order valence-electron chi connectivity index (χ2n) is 9.53. The van der Waals surface area contributed by atoms with Gasteiger partial charge in [-0.1, -0.05) is 73.5 Å². The first-order valence-electron chi connectivity index (χ1n) is 11.9. The fourth-order valence-corrected chi connectivity index (χ4v) is 6.08. The molecule has 2 atom stereocenters. The second-order valence-corrected chi connectivity index (χ2v) is 9.53. The molecule has 3 heteroatoms. The molecule has 0 N–H and O–H groups in total. The van der Waals surface area contributed by atoms with E-state index in [0.29, 0.717) is 23.8 Å². The van der Waals surface area contributed by atoms with Gasteiger partial charge in [0.25, 0.3) is 0 Å². The van der Waals surface area contributed by atoms with Crippen molar-refractivity contribution >= 4 is 5.91 Å². The number of carbonyl (C=O) groups excluding carboxylic acids is 1. The normalized spacial score (nSPS) is 26.3. The number of carbonyl (C=O) groups is 1. The maximum Gasteiger partial charge on any atom is 0.225 e. The minimum absolute atomic E-state index is 0.281. The number of amides is 1. The summed E-state index contributed by atoms with van der Waals surface area (Å²) in [4.78, 5) is 18.1. The quantitative estimate of drug-likeness (QED) is 0.714. The maximum absolute atomic E-state index is 13.2. The van der Waals surface area contributed by atoms with Crippen LogP contribution in [0.2, 0.25) is 0 Å². The summed E-state index contributed by atoms with van der Waals surface area (Å²) in [5, 5.41) is 0. The molecular formula is C27H34N2O. The Kier molecular flexibility index (Phi) is 5.90. The molecule has 1 aliphatic carbocycles. The lowest BCUT2D eigenvalue weighted by Crippen LogP contribution is -2.45. The van der Waals surface area contributed by atoms with E-state index in [1.807, 2.05) is 0 Å². The van der Waals surface area contributed by atoms with Crippen molar-refractivity contribution in [1.29, 1.82) is 0 Å². The fraction of sp³-hybridized carbons (Fsp3) is 0.519. The van der Waals surface area contributed by atoms with Crippen molar-refractivity contribution < 1.29 is 4.79 Å². The van der Waals surface area contributed by atoms with Gasteiger partial charge in [-0.2, -0.15) is 0 Å². The first-order chi connectivity index (χ1) is 14.8. The highest BCUT2D eigenvalue weighted by molar-refractivity contribution is 5.79. The summed E-state index contributed by atoms with van der Waals surface area (Å²) in [7, 11) is 0. The number of hydrogen-bond acceptors (Lipinski definition) is 2. The van der Waals surface area contributed by atoms with Gasteiger partial charge in [-0.05, 0) is 55.8 Å². The van der Waals surface area contributed by atoms with Crippen molar-refractivity contribution in [3.05, 3.63) is 71.8 Å². The SMILES string of the molecule is O=C(C1CCCC1)N1C[C@H](c2ccccc2)[C@@H](N2CCC(c3ccccc3)CC2)C1. The summed E-state index contributed by atoms with van der Waals surface area (Å²) in [5.41, 5.74) is 2.88. The summed E-state index contributed by atoms with van der Waals surface area (Å²) in [6.07, 6.45) is 7.08. The minimum Gasteiger partial charge on any atom is -0.340 e. The van der Waals surface area contributed by atoms with Crippen LogP contribution < -0.4 is 0 Å². The third kappa shape index (κ3) is 4.05. The Morgan fingerprint density at radius 2 is 1.33 bits per heavy atom. The smallest absolute Gasteiger partial charge is 0.225 e.